The number of rotatable bonds is 8. The van der Waals surface area contributed by atoms with E-state index in [-0.39, 0.29) is 23.7 Å². The van der Waals surface area contributed by atoms with Crippen LogP contribution in [0, 0.1) is 17.0 Å². The molecule has 0 spiro atoms. The molecule has 0 saturated carbocycles. The van der Waals surface area contributed by atoms with E-state index in [1.165, 1.54) is 18.2 Å². The van der Waals surface area contributed by atoms with Crippen molar-refractivity contribution in [2.45, 2.75) is 13.3 Å². The number of carbonyl (C=O) groups is 2. The molecule has 2 N–H and O–H groups in total. The highest BCUT2D eigenvalue weighted by atomic mass is 16.6. The molecule has 0 bridgehead atoms. The Morgan fingerprint density at radius 1 is 1.15 bits per heavy atom. The topological polar surface area (TPSA) is 111 Å². The summed E-state index contributed by atoms with van der Waals surface area (Å²) >= 11 is 0. The minimum absolute atomic E-state index is 0.126. The number of ether oxygens (including phenoxy) is 1. The quantitative estimate of drug-likeness (QED) is 0.545. The van der Waals surface area contributed by atoms with Gasteiger partial charge in [-0.25, -0.2) is 0 Å². The van der Waals surface area contributed by atoms with Gasteiger partial charge in [-0.15, -0.1) is 0 Å². The fourth-order valence-corrected chi connectivity index (χ4v) is 2.53. The number of methoxy groups -OCH3 is 1. The Morgan fingerprint density at radius 3 is 2.63 bits per heavy atom. The molecule has 2 amide bonds. The molecule has 0 heterocycles. The van der Waals surface area contributed by atoms with Crippen LogP contribution in [0.15, 0.2) is 42.5 Å². The highest BCUT2D eigenvalue weighted by Crippen LogP contribution is 2.19. The first kappa shape index (κ1) is 19.9. The summed E-state index contributed by atoms with van der Waals surface area (Å²) in [6, 6.07) is 11.2. The number of carbonyl (C=O) groups excluding carboxylic acids is 2. The van der Waals surface area contributed by atoms with Gasteiger partial charge in [0.15, 0.2) is 0 Å². The van der Waals surface area contributed by atoms with Gasteiger partial charge in [0.1, 0.15) is 5.75 Å². The number of nitrogens with one attached hydrogen (secondary N) is 2. The summed E-state index contributed by atoms with van der Waals surface area (Å²) in [5.41, 5.74) is 2.03. The van der Waals surface area contributed by atoms with Crippen molar-refractivity contribution in [1.82, 2.24) is 10.6 Å². The van der Waals surface area contributed by atoms with Crippen molar-refractivity contribution in [3.05, 3.63) is 69.3 Å². The Morgan fingerprint density at radius 2 is 1.93 bits per heavy atom. The first-order valence-electron chi connectivity index (χ1n) is 8.33. The third kappa shape index (κ3) is 5.81. The molecular weight excluding hydrogens is 350 g/mol. The SMILES string of the molecule is COc1ccc(C)cc1CCNC(=O)CNC(=O)c1cccc([N+](=O)[O-])c1. The molecule has 0 fully saturated rings. The molecule has 2 rings (SSSR count). The molecule has 0 saturated heterocycles. The predicted octanol–water partition coefficient (Wildman–Crippen LogP) is 2.00. The molecule has 0 atom stereocenters. The van der Waals surface area contributed by atoms with Crippen LogP contribution in [0.5, 0.6) is 5.75 Å². The Bertz CT molecular complexity index is 851. The third-order valence-corrected chi connectivity index (χ3v) is 3.88. The highest BCUT2D eigenvalue weighted by molar-refractivity contribution is 5.96. The van der Waals surface area contributed by atoms with Gasteiger partial charge in [0.05, 0.1) is 18.6 Å². The van der Waals surface area contributed by atoms with Gasteiger partial charge < -0.3 is 15.4 Å². The lowest BCUT2D eigenvalue weighted by atomic mass is 10.1. The number of nitro groups is 1. The van der Waals surface area contributed by atoms with Crippen molar-refractivity contribution in [2.75, 3.05) is 20.2 Å². The van der Waals surface area contributed by atoms with Crippen LogP contribution in [-0.2, 0) is 11.2 Å². The molecular formula is C19H21N3O5. The summed E-state index contributed by atoms with van der Waals surface area (Å²) in [6.45, 7) is 2.16. The van der Waals surface area contributed by atoms with Gasteiger partial charge in [0.25, 0.3) is 11.6 Å². The zero-order chi connectivity index (χ0) is 19.8. The number of hydrogen-bond donors (Lipinski definition) is 2. The normalized spacial score (nSPS) is 10.1. The van der Waals surface area contributed by atoms with Crippen molar-refractivity contribution in [3.8, 4) is 5.75 Å². The zero-order valence-electron chi connectivity index (χ0n) is 15.2. The molecule has 27 heavy (non-hydrogen) atoms. The van der Waals surface area contributed by atoms with E-state index in [2.05, 4.69) is 10.6 Å². The van der Waals surface area contributed by atoms with Gasteiger partial charge >= 0.3 is 0 Å². The zero-order valence-corrected chi connectivity index (χ0v) is 15.2. The van der Waals surface area contributed by atoms with E-state index >= 15 is 0 Å². The summed E-state index contributed by atoms with van der Waals surface area (Å²) < 4.78 is 5.29. The fraction of sp³-hybridized carbons (Fsp3) is 0.263. The van der Waals surface area contributed by atoms with Crippen LogP contribution in [-0.4, -0.2) is 36.9 Å². The average molecular weight is 371 g/mol. The molecule has 2 aromatic rings. The van der Waals surface area contributed by atoms with Gasteiger partial charge in [-0.05, 0) is 31.0 Å². The summed E-state index contributed by atoms with van der Waals surface area (Å²) in [7, 11) is 1.59. The van der Waals surface area contributed by atoms with Crippen molar-refractivity contribution >= 4 is 17.5 Å². The summed E-state index contributed by atoms with van der Waals surface area (Å²) in [5, 5.41) is 15.9. The van der Waals surface area contributed by atoms with E-state index in [1.54, 1.807) is 7.11 Å². The van der Waals surface area contributed by atoms with Crippen molar-refractivity contribution in [3.63, 3.8) is 0 Å². The standard InChI is InChI=1S/C19H21N3O5/c1-13-6-7-17(27-2)14(10-13)8-9-20-18(23)12-21-19(24)15-4-3-5-16(11-15)22(25)26/h3-7,10-11H,8-9,12H2,1-2H3,(H,20,23)(H,21,24). The van der Waals surface area contributed by atoms with Gasteiger partial charge in [0.2, 0.25) is 5.91 Å². The van der Waals surface area contributed by atoms with Crippen LogP contribution < -0.4 is 15.4 Å². The minimum Gasteiger partial charge on any atom is -0.496 e. The number of hydrogen-bond acceptors (Lipinski definition) is 5. The number of nitro benzene ring substituents is 1. The molecule has 0 aromatic heterocycles. The maximum absolute atomic E-state index is 12.0. The highest BCUT2D eigenvalue weighted by Gasteiger charge is 2.12. The van der Waals surface area contributed by atoms with Crippen LogP contribution >= 0.6 is 0 Å². The molecule has 0 aliphatic heterocycles. The summed E-state index contributed by atoms with van der Waals surface area (Å²) in [4.78, 5) is 34.1. The van der Waals surface area contributed by atoms with Gasteiger partial charge in [0, 0.05) is 24.2 Å². The Balaban J connectivity index is 1.81. The smallest absolute Gasteiger partial charge is 0.270 e. The molecule has 8 heteroatoms. The van der Waals surface area contributed by atoms with Crippen molar-refractivity contribution < 1.29 is 19.2 Å². The average Bonchev–Trinajstić information content (AvgIpc) is 2.66. The molecule has 2 aromatic carbocycles. The van der Waals surface area contributed by atoms with Crippen LogP contribution in [0.1, 0.15) is 21.5 Å². The maximum atomic E-state index is 12.0. The first-order chi connectivity index (χ1) is 12.9. The molecule has 8 nitrogen and oxygen atoms in total. The molecule has 0 radical (unpaired) electrons. The van der Waals surface area contributed by atoms with Gasteiger partial charge in [-0.2, -0.15) is 0 Å². The van der Waals surface area contributed by atoms with Gasteiger partial charge in [-0.1, -0.05) is 23.8 Å². The van der Waals surface area contributed by atoms with E-state index in [9.17, 15) is 19.7 Å². The summed E-state index contributed by atoms with van der Waals surface area (Å²) in [5.74, 6) is -0.136. The molecule has 0 aliphatic carbocycles. The van der Waals surface area contributed by atoms with Crippen molar-refractivity contribution in [2.24, 2.45) is 0 Å². The maximum Gasteiger partial charge on any atom is 0.270 e. The molecule has 0 aliphatic rings. The molecule has 142 valence electrons. The van der Waals surface area contributed by atoms with Crippen LogP contribution in [0.2, 0.25) is 0 Å². The second-order valence-electron chi connectivity index (χ2n) is 5.91. The number of non-ortho nitro benzene ring substituents is 1. The lowest BCUT2D eigenvalue weighted by Gasteiger charge is -2.11. The van der Waals surface area contributed by atoms with Gasteiger partial charge in [-0.3, -0.25) is 19.7 Å². The lowest BCUT2D eigenvalue weighted by molar-refractivity contribution is -0.384. The van der Waals surface area contributed by atoms with Crippen LogP contribution in [0.25, 0.3) is 0 Å². The fourth-order valence-electron chi connectivity index (χ4n) is 2.53. The van der Waals surface area contributed by atoms with E-state index in [4.69, 9.17) is 4.74 Å². The summed E-state index contributed by atoms with van der Waals surface area (Å²) in [6.07, 6.45) is 0.593. The third-order valence-electron chi connectivity index (χ3n) is 3.88. The Labute approximate surface area is 156 Å². The predicted molar refractivity (Wildman–Crippen MR) is 99.9 cm³/mol. The van der Waals surface area contributed by atoms with E-state index < -0.39 is 10.8 Å². The largest absolute Gasteiger partial charge is 0.496 e. The number of benzene rings is 2. The Hall–Kier alpha value is -3.42. The molecule has 0 unspecified atom stereocenters. The second-order valence-corrected chi connectivity index (χ2v) is 5.91. The van der Waals surface area contributed by atoms with E-state index in [1.807, 2.05) is 25.1 Å². The lowest BCUT2D eigenvalue weighted by Crippen LogP contribution is -2.37. The first-order valence-corrected chi connectivity index (χ1v) is 8.33. The van der Waals surface area contributed by atoms with Crippen molar-refractivity contribution in [1.29, 1.82) is 0 Å². The number of nitrogens with zero attached hydrogens (tertiary/aromatic N) is 1. The van der Waals surface area contributed by atoms with Crippen LogP contribution in [0.4, 0.5) is 5.69 Å². The number of amides is 2. The second kappa shape index (κ2) is 9.33. The minimum atomic E-state index is -0.580. The number of aryl methyl sites for hydroxylation is 1. The van der Waals surface area contributed by atoms with Crippen LogP contribution in [0.3, 0.4) is 0 Å². The monoisotopic (exact) mass is 371 g/mol. The van der Waals surface area contributed by atoms with E-state index in [0.717, 1.165) is 22.9 Å². The van der Waals surface area contributed by atoms with E-state index in [0.29, 0.717) is 13.0 Å². The Kier molecular flexibility index (Phi) is 6.87.